The van der Waals surface area contributed by atoms with Crippen LogP contribution in [0.1, 0.15) is 11.1 Å². The molecule has 2 aromatic carbocycles. The Hall–Kier alpha value is -3.00. The zero-order valence-electron chi connectivity index (χ0n) is 14.3. The van der Waals surface area contributed by atoms with E-state index in [4.69, 9.17) is 0 Å². The molecule has 0 spiro atoms. The van der Waals surface area contributed by atoms with Crippen molar-refractivity contribution >= 4 is 26.7 Å². The molecule has 26 heavy (non-hydrogen) atoms. The van der Waals surface area contributed by atoms with Gasteiger partial charge < -0.3 is 0 Å². The first kappa shape index (κ1) is 17.8. The first-order valence-electron chi connectivity index (χ1n) is 7.86. The van der Waals surface area contributed by atoms with Crippen molar-refractivity contribution in [2.24, 2.45) is 0 Å². The molecule has 134 valence electrons. The second-order valence-corrected chi connectivity index (χ2v) is 7.64. The van der Waals surface area contributed by atoms with E-state index in [0.29, 0.717) is 16.3 Å². The summed E-state index contributed by atoms with van der Waals surface area (Å²) in [6, 6.07) is 11.8. The van der Waals surface area contributed by atoms with E-state index in [-0.39, 0.29) is 4.90 Å². The Morgan fingerprint density at radius 1 is 1.15 bits per heavy atom. The Kier molecular flexibility index (Phi) is 4.60. The number of fused-ring (bicyclic) bond motifs is 1. The molecule has 0 radical (unpaired) electrons. The monoisotopic (exact) mass is 371 g/mol. The standard InChI is InChI=1S/C18H17N3O4S/c1-12-7-8-13(2)16(9-12)26(24,25)20-17(22)11-21-18(23)15-6-4-3-5-14(15)10-19-21/h3-10H,11H2,1-2H3,(H,20,22). The minimum absolute atomic E-state index is 0.0321. The molecule has 8 heteroatoms. The van der Waals surface area contributed by atoms with Crippen LogP contribution in [0.3, 0.4) is 0 Å². The summed E-state index contributed by atoms with van der Waals surface area (Å²) in [5.41, 5.74) is 0.829. The van der Waals surface area contributed by atoms with E-state index in [1.165, 1.54) is 12.3 Å². The number of nitrogens with one attached hydrogen (secondary N) is 1. The van der Waals surface area contributed by atoms with Gasteiger partial charge in [-0.3, -0.25) is 9.59 Å². The number of carbonyl (C=O) groups is 1. The first-order valence-corrected chi connectivity index (χ1v) is 9.34. The lowest BCUT2D eigenvalue weighted by Crippen LogP contribution is -2.37. The molecule has 3 aromatic rings. The highest BCUT2D eigenvalue weighted by molar-refractivity contribution is 7.90. The molecule has 7 nitrogen and oxygen atoms in total. The van der Waals surface area contributed by atoms with Crippen LogP contribution in [0.5, 0.6) is 0 Å². The van der Waals surface area contributed by atoms with Crippen LogP contribution in [0.15, 0.2) is 58.4 Å². The van der Waals surface area contributed by atoms with Gasteiger partial charge in [-0.2, -0.15) is 5.10 Å². The lowest BCUT2D eigenvalue weighted by molar-refractivity contribution is -0.120. The number of hydrogen-bond donors (Lipinski definition) is 1. The van der Waals surface area contributed by atoms with Gasteiger partial charge in [-0.15, -0.1) is 0 Å². The third kappa shape index (κ3) is 3.50. The average molecular weight is 371 g/mol. The normalized spacial score (nSPS) is 11.5. The Morgan fingerprint density at radius 2 is 1.88 bits per heavy atom. The Bertz CT molecular complexity index is 1170. The molecule has 0 saturated carbocycles. The second-order valence-electron chi connectivity index (χ2n) is 5.99. The fourth-order valence-corrected chi connectivity index (χ4v) is 3.92. The van der Waals surface area contributed by atoms with Gasteiger partial charge in [0.1, 0.15) is 6.54 Å². The van der Waals surface area contributed by atoms with Crippen LogP contribution in [0.25, 0.3) is 10.8 Å². The molecule has 0 aliphatic heterocycles. The number of aryl methyl sites for hydroxylation is 2. The fraction of sp³-hybridized carbons (Fsp3) is 0.167. The molecular formula is C18H17N3O4S. The van der Waals surface area contributed by atoms with E-state index >= 15 is 0 Å². The molecule has 0 unspecified atom stereocenters. The van der Waals surface area contributed by atoms with E-state index in [1.54, 1.807) is 50.2 Å². The van der Waals surface area contributed by atoms with Crippen LogP contribution in [0.2, 0.25) is 0 Å². The molecule has 0 atom stereocenters. The van der Waals surface area contributed by atoms with Crippen molar-refractivity contribution in [2.75, 3.05) is 0 Å². The summed E-state index contributed by atoms with van der Waals surface area (Å²) >= 11 is 0. The summed E-state index contributed by atoms with van der Waals surface area (Å²) in [6.07, 6.45) is 1.46. The van der Waals surface area contributed by atoms with Gasteiger partial charge >= 0.3 is 0 Å². The van der Waals surface area contributed by atoms with Crippen molar-refractivity contribution in [2.45, 2.75) is 25.3 Å². The Morgan fingerprint density at radius 3 is 2.65 bits per heavy atom. The van der Waals surface area contributed by atoms with Gasteiger partial charge in [0.25, 0.3) is 21.5 Å². The smallest absolute Gasteiger partial charge is 0.272 e. The molecule has 3 rings (SSSR count). The number of amides is 1. The quantitative estimate of drug-likeness (QED) is 0.750. The van der Waals surface area contributed by atoms with E-state index in [2.05, 4.69) is 5.10 Å². The van der Waals surface area contributed by atoms with E-state index in [0.717, 1.165) is 10.2 Å². The van der Waals surface area contributed by atoms with Gasteiger partial charge in [0, 0.05) is 5.39 Å². The highest BCUT2D eigenvalue weighted by Crippen LogP contribution is 2.16. The molecule has 0 aliphatic carbocycles. The van der Waals surface area contributed by atoms with Crippen molar-refractivity contribution in [3.05, 3.63) is 70.1 Å². The lowest BCUT2D eigenvalue weighted by Gasteiger charge is -2.11. The maximum absolute atomic E-state index is 12.5. The highest BCUT2D eigenvalue weighted by atomic mass is 32.2. The van der Waals surface area contributed by atoms with E-state index < -0.39 is 28.0 Å². The molecule has 1 heterocycles. The third-order valence-corrected chi connectivity index (χ3v) is 5.45. The van der Waals surface area contributed by atoms with Crippen molar-refractivity contribution in [1.82, 2.24) is 14.5 Å². The van der Waals surface area contributed by atoms with E-state index in [9.17, 15) is 18.0 Å². The van der Waals surface area contributed by atoms with Gasteiger partial charge in [-0.1, -0.05) is 30.3 Å². The minimum Gasteiger partial charge on any atom is -0.272 e. The molecule has 0 bridgehead atoms. The molecule has 1 amide bonds. The van der Waals surface area contributed by atoms with Gasteiger partial charge in [0.2, 0.25) is 0 Å². The van der Waals surface area contributed by atoms with Gasteiger partial charge in [-0.25, -0.2) is 17.8 Å². The number of nitrogens with zero attached hydrogens (tertiary/aromatic N) is 2. The maximum Gasteiger partial charge on any atom is 0.275 e. The predicted octanol–water partition coefficient (Wildman–Crippen LogP) is 1.52. The number of sulfonamides is 1. The fourth-order valence-electron chi connectivity index (χ4n) is 2.61. The Balaban J connectivity index is 1.86. The summed E-state index contributed by atoms with van der Waals surface area (Å²) in [4.78, 5) is 24.6. The van der Waals surface area contributed by atoms with Crippen LogP contribution in [-0.4, -0.2) is 24.1 Å². The topological polar surface area (TPSA) is 98.1 Å². The molecular weight excluding hydrogens is 354 g/mol. The number of aromatic nitrogens is 2. The zero-order valence-corrected chi connectivity index (χ0v) is 15.1. The van der Waals surface area contributed by atoms with Crippen LogP contribution in [-0.2, 0) is 21.4 Å². The van der Waals surface area contributed by atoms with Crippen molar-refractivity contribution < 1.29 is 13.2 Å². The van der Waals surface area contributed by atoms with Gasteiger partial charge in [0.15, 0.2) is 0 Å². The summed E-state index contributed by atoms with van der Waals surface area (Å²) in [5.74, 6) is -0.837. The summed E-state index contributed by atoms with van der Waals surface area (Å²) in [7, 11) is -4.03. The van der Waals surface area contributed by atoms with Crippen LogP contribution < -0.4 is 10.3 Å². The average Bonchev–Trinajstić information content (AvgIpc) is 2.59. The largest absolute Gasteiger partial charge is 0.275 e. The number of benzene rings is 2. The SMILES string of the molecule is Cc1ccc(C)c(S(=O)(=O)NC(=O)Cn2ncc3ccccc3c2=O)c1. The molecule has 0 aliphatic rings. The molecule has 0 fully saturated rings. The highest BCUT2D eigenvalue weighted by Gasteiger charge is 2.20. The first-order chi connectivity index (χ1) is 12.3. The summed E-state index contributed by atoms with van der Waals surface area (Å²) in [5, 5.41) is 4.99. The van der Waals surface area contributed by atoms with Crippen molar-refractivity contribution in [3.63, 3.8) is 0 Å². The minimum atomic E-state index is -4.03. The summed E-state index contributed by atoms with van der Waals surface area (Å²) in [6.45, 7) is 2.92. The number of hydrogen-bond acceptors (Lipinski definition) is 5. The third-order valence-electron chi connectivity index (χ3n) is 3.94. The predicted molar refractivity (Wildman–Crippen MR) is 97.2 cm³/mol. The number of carbonyl (C=O) groups excluding carboxylic acids is 1. The molecule has 0 saturated heterocycles. The van der Waals surface area contributed by atoms with Gasteiger partial charge in [0.05, 0.1) is 16.5 Å². The zero-order chi connectivity index (χ0) is 18.9. The Labute approximate surface area is 150 Å². The number of rotatable bonds is 4. The molecule has 1 N–H and O–H groups in total. The van der Waals surface area contributed by atoms with E-state index in [1.807, 2.05) is 4.72 Å². The van der Waals surface area contributed by atoms with Crippen molar-refractivity contribution in [3.8, 4) is 0 Å². The van der Waals surface area contributed by atoms with Crippen molar-refractivity contribution in [1.29, 1.82) is 0 Å². The van der Waals surface area contributed by atoms with Crippen LogP contribution in [0.4, 0.5) is 0 Å². The summed E-state index contributed by atoms with van der Waals surface area (Å²) < 4.78 is 27.9. The van der Waals surface area contributed by atoms with Crippen LogP contribution >= 0.6 is 0 Å². The lowest BCUT2D eigenvalue weighted by atomic mass is 10.2. The van der Waals surface area contributed by atoms with Crippen LogP contribution in [0, 0.1) is 13.8 Å². The molecule has 1 aromatic heterocycles. The maximum atomic E-state index is 12.5. The second kappa shape index (κ2) is 6.72. The van der Waals surface area contributed by atoms with Gasteiger partial charge in [-0.05, 0) is 37.1 Å².